The summed E-state index contributed by atoms with van der Waals surface area (Å²) in [5, 5.41) is 22.3. The number of hydrogen-bond acceptors (Lipinski definition) is 6. The van der Waals surface area contributed by atoms with Gasteiger partial charge in [-0.3, -0.25) is 14.9 Å². The number of rotatable bonds is 6. The Kier molecular flexibility index (Phi) is 5.53. The van der Waals surface area contributed by atoms with Crippen molar-refractivity contribution in [2.45, 2.75) is 13.0 Å². The van der Waals surface area contributed by atoms with E-state index < -0.39 is 16.9 Å². The van der Waals surface area contributed by atoms with Gasteiger partial charge in [-0.2, -0.15) is 5.26 Å². The smallest absolute Gasteiger partial charge is 0.271 e. The molecule has 25 heavy (non-hydrogen) atoms. The number of ether oxygens (including phenoxy) is 2. The number of anilines is 1. The summed E-state index contributed by atoms with van der Waals surface area (Å²) in [6.07, 6.45) is -0.891. The number of non-ortho nitro benzene ring substituents is 1. The van der Waals surface area contributed by atoms with Crippen molar-refractivity contribution >= 4 is 17.3 Å². The molecule has 2 aromatic carbocycles. The normalized spacial score (nSPS) is 11.1. The van der Waals surface area contributed by atoms with Crippen molar-refractivity contribution in [1.82, 2.24) is 0 Å². The monoisotopic (exact) mass is 341 g/mol. The quantitative estimate of drug-likeness (QED) is 0.638. The summed E-state index contributed by atoms with van der Waals surface area (Å²) in [6, 6.07) is 12.3. The highest BCUT2D eigenvalue weighted by Gasteiger charge is 2.19. The molecule has 2 rings (SSSR count). The Morgan fingerprint density at radius 2 is 2.08 bits per heavy atom. The lowest BCUT2D eigenvalue weighted by atomic mass is 10.2. The van der Waals surface area contributed by atoms with Gasteiger partial charge in [0.15, 0.2) is 6.10 Å². The molecule has 0 aliphatic heterocycles. The summed E-state index contributed by atoms with van der Waals surface area (Å²) >= 11 is 0. The van der Waals surface area contributed by atoms with Crippen molar-refractivity contribution in [2.75, 3.05) is 12.4 Å². The van der Waals surface area contributed by atoms with Gasteiger partial charge in [0.1, 0.15) is 11.5 Å². The Hall–Kier alpha value is -3.60. The largest absolute Gasteiger partial charge is 0.495 e. The first-order chi connectivity index (χ1) is 11.9. The Labute approximate surface area is 143 Å². The van der Waals surface area contributed by atoms with Gasteiger partial charge in [-0.25, -0.2) is 0 Å². The number of nitro groups is 1. The van der Waals surface area contributed by atoms with Crippen molar-refractivity contribution in [1.29, 1.82) is 5.26 Å². The summed E-state index contributed by atoms with van der Waals surface area (Å²) in [7, 11) is 1.39. The van der Waals surface area contributed by atoms with E-state index in [0.29, 0.717) is 11.3 Å². The van der Waals surface area contributed by atoms with Crippen molar-refractivity contribution in [3.8, 4) is 17.6 Å². The average molecular weight is 341 g/mol. The third-order valence-corrected chi connectivity index (χ3v) is 3.30. The van der Waals surface area contributed by atoms with Crippen LogP contribution in [0.25, 0.3) is 0 Å². The molecule has 0 bridgehead atoms. The van der Waals surface area contributed by atoms with E-state index in [-0.39, 0.29) is 17.1 Å². The standard InChI is InChI=1S/C17H15N3O5/c1-11(25-14-5-3-4-12(8-14)10-18)17(21)19-15-9-13(20(22)23)6-7-16(15)24-2/h3-9,11H,1-2H3,(H,19,21). The highest BCUT2D eigenvalue weighted by molar-refractivity contribution is 5.95. The van der Waals surface area contributed by atoms with E-state index in [4.69, 9.17) is 14.7 Å². The van der Waals surface area contributed by atoms with Gasteiger partial charge in [0, 0.05) is 12.1 Å². The minimum Gasteiger partial charge on any atom is -0.495 e. The van der Waals surface area contributed by atoms with Crippen LogP contribution in [-0.4, -0.2) is 24.0 Å². The molecule has 1 N–H and O–H groups in total. The molecule has 8 heteroatoms. The molecule has 0 fully saturated rings. The SMILES string of the molecule is COc1ccc([N+](=O)[O-])cc1NC(=O)C(C)Oc1cccc(C#N)c1. The maximum Gasteiger partial charge on any atom is 0.271 e. The maximum absolute atomic E-state index is 12.3. The van der Waals surface area contributed by atoms with Crippen LogP contribution in [0.4, 0.5) is 11.4 Å². The van der Waals surface area contributed by atoms with E-state index in [1.807, 2.05) is 6.07 Å². The number of amides is 1. The third kappa shape index (κ3) is 4.45. The minimum atomic E-state index is -0.891. The number of nitriles is 1. The van der Waals surface area contributed by atoms with E-state index in [9.17, 15) is 14.9 Å². The lowest BCUT2D eigenvalue weighted by Crippen LogP contribution is -2.30. The lowest BCUT2D eigenvalue weighted by molar-refractivity contribution is -0.384. The first-order valence-corrected chi connectivity index (χ1v) is 7.24. The molecule has 0 saturated carbocycles. The Bertz CT molecular complexity index is 844. The molecule has 8 nitrogen and oxygen atoms in total. The van der Waals surface area contributed by atoms with E-state index in [2.05, 4.69) is 5.32 Å². The Morgan fingerprint density at radius 1 is 1.32 bits per heavy atom. The molecule has 0 heterocycles. The van der Waals surface area contributed by atoms with Crippen LogP contribution in [0.2, 0.25) is 0 Å². The first kappa shape index (κ1) is 17.7. The van der Waals surface area contributed by atoms with Crippen LogP contribution in [0, 0.1) is 21.4 Å². The second-order valence-corrected chi connectivity index (χ2v) is 5.03. The second kappa shape index (κ2) is 7.79. The highest BCUT2D eigenvalue weighted by atomic mass is 16.6. The molecule has 0 aliphatic carbocycles. The number of benzene rings is 2. The molecular formula is C17H15N3O5. The van der Waals surface area contributed by atoms with Gasteiger partial charge in [-0.05, 0) is 31.2 Å². The summed E-state index contributed by atoms with van der Waals surface area (Å²) in [5.74, 6) is 0.145. The highest BCUT2D eigenvalue weighted by Crippen LogP contribution is 2.29. The summed E-state index contributed by atoms with van der Waals surface area (Å²) < 4.78 is 10.6. The van der Waals surface area contributed by atoms with Crippen LogP contribution in [0.1, 0.15) is 12.5 Å². The van der Waals surface area contributed by atoms with Crippen molar-refractivity contribution in [3.05, 3.63) is 58.1 Å². The van der Waals surface area contributed by atoms with Gasteiger partial charge in [0.25, 0.3) is 11.6 Å². The van der Waals surface area contributed by atoms with E-state index in [1.165, 1.54) is 38.3 Å². The van der Waals surface area contributed by atoms with Crippen LogP contribution in [0.15, 0.2) is 42.5 Å². The number of hydrogen-bond donors (Lipinski definition) is 1. The maximum atomic E-state index is 12.3. The topological polar surface area (TPSA) is 114 Å². The molecule has 0 aliphatic rings. The minimum absolute atomic E-state index is 0.169. The third-order valence-electron chi connectivity index (χ3n) is 3.30. The van der Waals surface area contributed by atoms with Crippen molar-refractivity contribution < 1.29 is 19.2 Å². The van der Waals surface area contributed by atoms with Crippen LogP contribution in [0.5, 0.6) is 11.5 Å². The van der Waals surface area contributed by atoms with Gasteiger partial charge in [-0.15, -0.1) is 0 Å². The fraction of sp³-hybridized carbons (Fsp3) is 0.176. The Morgan fingerprint density at radius 3 is 2.72 bits per heavy atom. The molecule has 0 saturated heterocycles. The zero-order chi connectivity index (χ0) is 18.4. The number of nitrogens with zero attached hydrogens (tertiary/aromatic N) is 2. The molecule has 2 aromatic rings. The molecular weight excluding hydrogens is 326 g/mol. The number of nitro benzene ring substituents is 1. The van der Waals surface area contributed by atoms with Crippen molar-refractivity contribution in [3.63, 3.8) is 0 Å². The zero-order valence-corrected chi connectivity index (χ0v) is 13.6. The van der Waals surface area contributed by atoms with Gasteiger partial charge >= 0.3 is 0 Å². The molecule has 1 amide bonds. The van der Waals surface area contributed by atoms with E-state index in [0.717, 1.165) is 0 Å². The van der Waals surface area contributed by atoms with E-state index >= 15 is 0 Å². The number of carbonyl (C=O) groups excluding carboxylic acids is 1. The van der Waals surface area contributed by atoms with Gasteiger partial charge in [-0.1, -0.05) is 6.07 Å². The van der Waals surface area contributed by atoms with E-state index in [1.54, 1.807) is 18.2 Å². The van der Waals surface area contributed by atoms with Crippen LogP contribution in [0.3, 0.4) is 0 Å². The Balaban J connectivity index is 2.14. The van der Waals surface area contributed by atoms with Gasteiger partial charge < -0.3 is 14.8 Å². The number of nitrogens with one attached hydrogen (secondary N) is 1. The van der Waals surface area contributed by atoms with Gasteiger partial charge in [0.05, 0.1) is 29.4 Å². The molecule has 0 spiro atoms. The lowest BCUT2D eigenvalue weighted by Gasteiger charge is -2.16. The van der Waals surface area contributed by atoms with Crippen molar-refractivity contribution in [2.24, 2.45) is 0 Å². The second-order valence-electron chi connectivity index (χ2n) is 5.03. The van der Waals surface area contributed by atoms with Crippen LogP contribution in [-0.2, 0) is 4.79 Å². The summed E-state index contributed by atoms with van der Waals surface area (Å²) in [4.78, 5) is 22.6. The first-order valence-electron chi connectivity index (χ1n) is 7.24. The molecule has 128 valence electrons. The molecule has 1 atom stereocenters. The molecule has 0 aromatic heterocycles. The predicted molar refractivity (Wildman–Crippen MR) is 89.5 cm³/mol. The molecule has 0 radical (unpaired) electrons. The number of methoxy groups -OCH3 is 1. The molecule has 1 unspecified atom stereocenters. The zero-order valence-electron chi connectivity index (χ0n) is 13.6. The van der Waals surface area contributed by atoms with Crippen LogP contribution >= 0.6 is 0 Å². The fourth-order valence-electron chi connectivity index (χ4n) is 2.04. The van der Waals surface area contributed by atoms with Crippen LogP contribution < -0.4 is 14.8 Å². The fourth-order valence-corrected chi connectivity index (χ4v) is 2.04. The number of carbonyl (C=O) groups is 1. The summed E-state index contributed by atoms with van der Waals surface area (Å²) in [6.45, 7) is 1.53. The average Bonchev–Trinajstić information content (AvgIpc) is 2.61. The summed E-state index contributed by atoms with van der Waals surface area (Å²) in [5.41, 5.74) is 0.403. The predicted octanol–water partition coefficient (Wildman–Crippen LogP) is 2.88. The van der Waals surface area contributed by atoms with Gasteiger partial charge in [0.2, 0.25) is 0 Å².